The van der Waals surface area contributed by atoms with Crippen LogP contribution in [0.5, 0.6) is 0 Å². The normalized spacial score (nSPS) is 15.7. The van der Waals surface area contributed by atoms with Crippen molar-refractivity contribution in [2.24, 2.45) is 0 Å². The monoisotopic (exact) mass is 428 g/mol. The highest BCUT2D eigenvalue weighted by Crippen LogP contribution is 2.34. The second kappa shape index (κ2) is 8.60. The highest BCUT2D eigenvalue weighted by Gasteiger charge is 2.31. The summed E-state index contributed by atoms with van der Waals surface area (Å²) in [6, 6.07) is 10.5. The molecule has 6 nitrogen and oxygen atoms in total. The molecule has 1 aliphatic rings. The zero-order valence-electron chi connectivity index (χ0n) is 17.9. The summed E-state index contributed by atoms with van der Waals surface area (Å²) >= 11 is 0. The molecular weight excluding hydrogens is 400 g/mol. The Labute approximate surface area is 178 Å². The Kier molecular flexibility index (Phi) is 6.31. The topological polar surface area (TPSA) is 83.6 Å². The third-order valence-electron chi connectivity index (χ3n) is 5.67. The third-order valence-corrected chi connectivity index (χ3v) is 7.39. The summed E-state index contributed by atoms with van der Waals surface area (Å²) in [7, 11) is -3.61. The number of anilines is 2. The maximum atomic E-state index is 12.8. The van der Waals surface area contributed by atoms with Crippen molar-refractivity contribution >= 4 is 33.0 Å². The van der Waals surface area contributed by atoms with E-state index in [-0.39, 0.29) is 34.9 Å². The molecule has 0 unspecified atom stereocenters. The highest BCUT2D eigenvalue weighted by atomic mass is 32.2. The molecule has 1 aliphatic heterocycles. The van der Waals surface area contributed by atoms with Gasteiger partial charge in [-0.05, 0) is 68.1 Å². The van der Waals surface area contributed by atoms with Gasteiger partial charge < -0.3 is 10.2 Å². The Hall–Kier alpha value is -2.67. The minimum Gasteiger partial charge on any atom is -0.326 e. The summed E-state index contributed by atoms with van der Waals surface area (Å²) in [5, 5.41) is 2.80. The molecule has 2 aromatic carbocycles. The molecule has 160 valence electrons. The minimum absolute atomic E-state index is 0.00810. The second-order valence-electron chi connectivity index (χ2n) is 7.83. The van der Waals surface area contributed by atoms with E-state index in [0.29, 0.717) is 18.5 Å². The number of sulfone groups is 1. The van der Waals surface area contributed by atoms with E-state index in [1.165, 1.54) is 6.07 Å². The third kappa shape index (κ3) is 4.41. The molecule has 0 bridgehead atoms. The maximum Gasteiger partial charge on any atom is 0.226 e. The fourth-order valence-corrected chi connectivity index (χ4v) is 5.08. The van der Waals surface area contributed by atoms with E-state index in [1.807, 2.05) is 39.8 Å². The lowest BCUT2D eigenvalue weighted by Crippen LogP contribution is -2.35. The molecule has 1 N–H and O–H groups in total. The van der Waals surface area contributed by atoms with E-state index >= 15 is 0 Å². The fourth-order valence-electron chi connectivity index (χ4n) is 3.80. The number of nitrogens with one attached hydrogen (secondary N) is 1. The molecule has 2 amide bonds. The average Bonchev–Trinajstić information content (AvgIpc) is 3.04. The van der Waals surface area contributed by atoms with E-state index in [1.54, 1.807) is 23.1 Å². The first-order valence-electron chi connectivity index (χ1n) is 10.2. The average molecular weight is 429 g/mol. The van der Waals surface area contributed by atoms with Crippen molar-refractivity contribution in [2.45, 2.75) is 57.9 Å². The summed E-state index contributed by atoms with van der Waals surface area (Å²) in [6.07, 6.45) is 0.903. The van der Waals surface area contributed by atoms with Gasteiger partial charge in [-0.25, -0.2) is 8.42 Å². The van der Waals surface area contributed by atoms with Crippen LogP contribution in [-0.4, -0.2) is 32.0 Å². The first kappa shape index (κ1) is 22.0. The number of fused-ring (bicyclic) bond motifs is 1. The molecule has 0 saturated heterocycles. The molecule has 3 rings (SSSR count). The van der Waals surface area contributed by atoms with E-state index in [9.17, 15) is 18.0 Å². The second-order valence-corrected chi connectivity index (χ2v) is 9.93. The van der Waals surface area contributed by atoms with Crippen molar-refractivity contribution in [3.8, 4) is 0 Å². The molecule has 30 heavy (non-hydrogen) atoms. The van der Waals surface area contributed by atoms with E-state index in [0.717, 1.165) is 22.4 Å². The van der Waals surface area contributed by atoms with Crippen LogP contribution in [-0.2, 0) is 25.8 Å². The van der Waals surface area contributed by atoms with E-state index in [2.05, 4.69) is 5.32 Å². The molecule has 0 saturated carbocycles. The minimum atomic E-state index is -3.61. The van der Waals surface area contributed by atoms with E-state index in [4.69, 9.17) is 0 Å². The van der Waals surface area contributed by atoms with Crippen molar-refractivity contribution in [2.75, 3.05) is 16.0 Å². The fraction of sp³-hybridized carbons (Fsp3) is 0.391. The largest absolute Gasteiger partial charge is 0.326 e. The molecule has 2 aromatic rings. The standard InChI is InChI=1S/C23H28N2O4S/c1-5-23(27)25-16(3)13-18-14-19(9-10-21(18)25)30(28,29)12-11-22(26)24-20-8-6-7-15(2)17(20)4/h6-10,14,16H,5,11-13H2,1-4H3,(H,24,26)/t16-/m1/s1. The number of hydrogen-bond acceptors (Lipinski definition) is 4. The molecule has 0 spiro atoms. The zero-order chi connectivity index (χ0) is 22.1. The Balaban J connectivity index is 1.71. The van der Waals surface area contributed by atoms with Crippen LogP contribution in [0.15, 0.2) is 41.3 Å². The SMILES string of the molecule is CCC(=O)N1c2ccc(S(=O)(=O)CCC(=O)Nc3cccc(C)c3C)cc2C[C@H]1C. The smallest absolute Gasteiger partial charge is 0.226 e. The summed E-state index contributed by atoms with van der Waals surface area (Å²) in [5.74, 6) is -0.572. The summed E-state index contributed by atoms with van der Waals surface area (Å²) < 4.78 is 25.6. The van der Waals surface area contributed by atoms with Gasteiger partial charge in [0.1, 0.15) is 0 Å². The Morgan fingerprint density at radius 2 is 1.90 bits per heavy atom. The van der Waals surface area contributed by atoms with Crippen molar-refractivity contribution in [1.82, 2.24) is 0 Å². The number of aryl methyl sites for hydroxylation is 1. The Bertz CT molecular complexity index is 1090. The van der Waals surface area contributed by atoms with Crippen LogP contribution in [0.1, 0.15) is 43.4 Å². The van der Waals surface area contributed by atoms with Gasteiger partial charge in [-0.15, -0.1) is 0 Å². The summed E-state index contributed by atoms with van der Waals surface area (Å²) in [4.78, 5) is 26.5. The van der Waals surface area contributed by atoms with Crippen LogP contribution in [0.25, 0.3) is 0 Å². The predicted molar refractivity (Wildman–Crippen MR) is 119 cm³/mol. The zero-order valence-corrected chi connectivity index (χ0v) is 18.7. The molecule has 0 fully saturated rings. The van der Waals surface area contributed by atoms with Gasteiger partial charge in [0, 0.05) is 30.3 Å². The molecule has 1 atom stereocenters. The number of carbonyl (C=O) groups excluding carboxylic acids is 2. The van der Waals surface area contributed by atoms with Crippen molar-refractivity contribution in [3.05, 3.63) is 53.1 Å². The molecule has 0 radical (unpaired) electrons. The van der Waals surface area contributed by atoms with Gasteiger partial charge in [0.2, 0.25) is 11.8 Å². The first-order valence-corrected chi connectivity index (χ1v) is 11.8. The molecule has 7 heteroatoms. The molecular formula is C23H28N2O4S. The van der Waals surface area contributed by atoms with Crippen LogP contribution in [0.2, 0.25) is 0 Å². The summed E-state index contributed by atoms with van der Waals surface area (Å²) in [6.45, 7) is 7.65. The number of amides is 2. The molecule has 0 aromatic heterocycles. The molecule has 1 heterocycles. The van der Waals surface area contributed by atoms with Gasteiger partial charge in [0.15, 0.2) is 9.84 Å². The lowest BCUT2D eigenvalue weighted by molar-refractivity contribution is -0.118. The van der Waals surface area contributed by atoms with Crippen LogP contribution in [0.3, 0.4) is 0 Å². The van der Waals surface area contributed by atoms with Gasteiger partial charge >= 0.3 is 0 Å². The lowest BCUT2D eigenvalue weighted by Gasteiger charge is -2.22. The first-order chi connectivity index (χ1) is 14.1. The number of rotatable bonds is 6. The predicted octanol–water partition coefficient (Wildman–Crippen LogP) is 3.79. The van der Waals surface area contributed by atoms with E-state index < -0.39 is 9.84 Å². The van der Waals surface area contributed by atoms with Gasteiger partial charge in [0.05, 0.1) is 10.6 Å². The van der Waals surface area contributed by atoms with Gasteiger partial charge in [0.25, 0.3) is 0 Å². The van der Waals surface area contributed by atoms with Crippen LogP contribution in [0, 0.1) is 13.8 Å². The van der Waals surface area contributed by atoms with Crippen molar-refractivity contribution in [3.63, 3.8) is 0 Å². The van der Waals surface area contributed by atoms with Crippen LogP contribution < -0.4 is 10.2 Å². The van der Waals surface area contributed by atoms with Crippen LogP contribution >= 0.6 is 0 Å². The van der Waals surface area contributed by atoms with Gasteiger partial charge in [-0.2, -0.15) is 0 Å². The number of hydrogen-bond donors (Lipinski definition) is 1. The quantitative estimate of drug-likeness (QED) is 0.759. The number of carbonyl (C=O) groups is 2. The summed E-state index contributed by atoms with van der Waals surface area (Å²) in [5.41, 5.74) is 4.35. The van der Waals surface area contributed by atoms with Crippen molar-refractivity contribution < 1.29 is 18.0 Å². The number of benzene rings is 2. The van der Waals surface area contributed by atoms with Crippen molar-refractivity contribution in [1.29, 1.82) is 0 Å². The Morgan fingerprint density at radius 3 is 2.60 bits per heavy atom. The number of nitrogens with zero attached hydrogens (tertiary/aromatic N) is 1. The lowest BCUT2D eigenvalue weighted by atomic mass is 10.1. The van der Waals surface area contributed by atoms with Gasteiger partial charge in [-0.3, -0.25) is 9.59 Å². The molecule has 0 aliphatic carbocycles. The maximum absolute atomic E-state index is 12.8. The van der Waals surface area contributed by atoms with Gasteiger partial charge in [-0.1, -0.05) is 19.1 Å². The Morgan fingerprint density at radius 1 is 1.17 bits per heavy atom. The van der Waals surface area contributed by atoms with Crippen LogP contribution in [0.4, 0.5) is 11.4 Å². The highest BCUT2D eigenvalue weighted by molar-refractivity contribution is 7.91.